The van der Waals surface area contributed by atoms with E-state index in [1.165, 1.54) is 5.56 Å². The molecule has 1 fully saturated rings. The molecule has 1 aliphatic rings. The Morgan fingerprint density at radius 3 is 3.11 bits per heavy atom. The number of primary amides is 1. The van der Waals surface area contributed by atoms with Crippen molar-refractivity contribution >= 4 is 28.6 Å². The number of nitrogens with two attached hydrogens (primary N) is 1. The minimum absolute atomic E-state index is 0.00924. The molecule has 2 aromatic heterocycles. The van der Waals surface area contributed by atoms with E-state index in [1.807, 2.05) is 0 Å². The normalized spacial score (nSPS) is 19.9. The molecule has 1 saturated heterocycles. The highest BCUT2D eigenvalue weighted by molar-refractivity contribution is 7.14. The zero-order chi connectivity index (χ0) is 13.2. The summed E-state index contributed by atoms with van der Waals surface area (Å²) in [4.78, 5) is 18.0. The van der Waals surface area contributed by atoms with E-state index >= 15 is 0 Å². The lowest BCUT2D eigenvalue weighted by Gasteiger charge is -2.13. The van der Waals surface area contributed by atoms with Gasteiger partial charge in [-0.25, -0.2) is 4.98 Å². The maximum atomic E-state index is 11.1. The van der Waals surface area contributed by atoms with Gasteiger partial charge in [-0.2, -0.15) is 11.3 Å². The topological polar surface area (TPSA) is 59.2 Å². The second-order valence-corrected chi connectivity index (χ2v) is 6.42. The average Bonchev–Trinajstić information content (AvgIpc) is 3.09. The van der Waals surface area contributed by atoms with Crippen LogP contribution in [-0.4, -0.2) is 28.9 Å². The summed E-state index contributed by atoms with van der Waals surface area (Å²) in [6.07, 6.45) is 0.872. The van der Waals surface area contributed by atoms with E-state index in [2.05, 4.69) is 32.1 Å². The Morgan fingerprint density at radius 2 is 2.42 bits per heavy atom. The fourth-order valence-electron chi connectivity index (χ4n) is 2.34. The van der Waals surface area contributed by atoms with Gasteiger partial charge < -0.3 is 5.73 Å². The second kappa shape index (κ2) is 5.40. The lowest BCUT2D eigenvalue weighted by atomic mass is 10.1. The van der Waals surface area contributed by atoms with Gasteiger partial charge in [0.25, 0.3) is 0 Å². The van der Waals surface area contributed by atoms with E-state index in [1.54, 1.807) is 22.7 Å². The molecule has 19 heavy (non-hydrogen) atoms. The predicted molar refractivity (Wildman–Crippen MR) is 78.0 cm³/mol. The largest absolute Gasteiger partial charge is 0.369 e. The molecule has 3 heterocycles. The van der Waals surface area contributed by atoms with Crippen molar-refractivity contribution < 1.29 is 4.79 Å². The molecule has 0 spiro atoms. The van der Waals surface area contributed by atoms with Crippen molar-refractivity contribution in [2.45, 2.75) is 13.0 Å². The fraction of sp³-hybridized carbons (Fsp3) is 0.385. The van der Waals surface area contributed by atoms with Crippen LogP contribution in [-0.2, 0) is 11.3 Å². The Kier molecular flexibility index (Phi) is 3.63. The van der Waals surface area contributed by atoms with Crippen molar-refractivity contribution in [2.24, 2.45) is 11.7 Å². The van der Waals surface area contributed by atoms with E-state index in [-0.39, 0.29) is 11.8 Å². The number of carbonyl (C=O) groups is 1. The lowest BCUT2D eigenvalue weighted by Crippen LogP contribution is -2.27. The number of carbonyl (C=O) groups excluding carboxylic acids is 1. The third kappa shape index (κ3) is 2.86. The minimum Gasteiger partial charge on any atom is -0.369 e. The highest BCUT2D eigenvalue weighted by atomic mass is 32.1. The van der Waals surface area contributed by atoms with Crippen LogP contribution in [0.4, 0.5) is 0 Å². The highest BCUT2D eigenvalue weighted by Crippen LogP contribution is 2.27. The van der Waals surface area contributed by atoms with Gasteiger partial charge in [-0.15, -0.1) is 11.3 Å². The third-order valence-electron chi connectivity index (χ3n) is 3.38. The maximum absolute atomic E-state index is 11.1. The Morgan fingerprint density at radius 1 is 1.53 bits per heavy atom. The van der Waals surface area contributed by atoms with Crippen LogP contribution >= 0.6 is 22.7 Å². The van der Waals surface area contributed by atoms with E-state index in [4.69, 9.17) is 5.73 Å². The van der Waals surface area contributed by atoms with Gasteiger partial charge in [0.2, 0.25) is 5.91 Å². The Balaban J connectivity index is 1.64. The molecular weight excluding hydrogens is 278 g/mol. The molecule has 4 nitrogen and oxygen atoms in total. The fourth-order valence-corrected chi connectivity index (χ4v) is 3.86. The summed E-state index contributed by atoms with van der Waals surface area (Å²) in [5.41, 5.74) is 7.62. The van der Waals surface area contributed by atoms with Crippen molar-refractivity contribution in [1.82, 2.24) is 9.88 Å². The Labute approximate surface area is 119 Å². The van der Waals surface area contributed by atoms with Crippen molar-refractivity contribution in [2.75, 3.05) is 13.1 Å². The maximum Gasteiger partial charge on any atom is 0.221 e. The first-order chi connectivity index (χ1) is 9.22. The third-order valence-corrected chi connectivity index (χ3v) is 5.00. The molecule has 6 heteroatoms. The van der Waals surface area contributed by atoms with Crippen LogP contribution in [0, 0.1) is 5.92 Å². The van der Waals surface area contributed by atoms with Crippen LogP contribution < -0.4 is 5.73 Å². The average molecular weight is 293 g/mol. The van der Waals surface area contributed by atoms with Gasteiger partial charge in [0.05, 0.1) is 11.6 Å². The number of hydrogen-bond acceptors (Lipinski definition) is 5. The van der Waals surface area contributed by atoms with E-state index in [0.717, 1.165) is 36.8 Å². The highest BCUT2D eigenvalue weighted by Gasteiger charge is 2.26. The van der Waals surface area contributed by atoms with Crippen molar-refractivity contribution in [3.05, 3.63) is 27.9 Å². The van der Waals surface area contributed by atoms with E-state index in [9.17, 15) is 4.79 Å². The van der Waals surface area contributed by atoms with Crippen LogP contribution in [0.3, 0.4) is 0 Å². The summed E-state index contributed by atoms with van der Waals surface area (Å²) < 4.78 is 0. The summed E-state index contributed by atoms with van der Waals surface area (Å²) in [5.74, 6) is -0.172. The molecule has 100 valence electrons. The van der Waals surface area contributed by atoms with Gasteiger partial charge in [-0.3, -0.25) is 9.69 Å². The lowest BCUT2D eigenvalue weighted by molar-refractivity contribution is -0.121. The summed E-state index contributed by atoms with van der Waals surface area (Å²) in [6, 6.07) is 2.09. The Hall–Kier alpha value is -1.24. The van der Waals surface area contributed by atoms with E-state index < -0.39 is 0 Å². The van der Waals surface area contributed by atoms with Crippen molar-refractivity contribution in [3.8, 4) is 10.6 Å². The molecule has 2 N–H and O–H groups in total. The molecule has 0 bridgehead atoms. The standard InChI is InChI=1S/C13H15N3OS2/c14-12(17)9-1-3-16(5-9)6-11-8-19-13(15-11)10-2-4-18-7-10/h2,4,7-9H,1,3,5-6H2,(H2,14,17)/t9-/m0/s1. The molecule has 1 aliphatic heterocycles. The quantitative estimate of drug-likeness (QED) is 0.940. The minimum atomic E-state index is -0.181. The van der Waals surface area contributed by atoms with Gasteiger partial charge in [-0.1, -0.05) is 0 Å². The van der Waals surface area contributed by atoms with E-state index in [0.29, 0.717) is 0 Å². The van der Waals surface area contributed by atoms with Gasteiger partial charge in [0, 0.05) is 29.4 Å². The molecule has 0 saturated carbocycles. The number of nitrogens with zero attached hydrogens (tertiary/aromatic N) is 2. The monoisotopic (exact) mass is 293 g/mol. The first-order valence-corrected chi connectivity index (χ1v) is 8.03. The molecule has 1 atom stereocenters. The molecule has 0 unspecified atom stereocenters. The van der Waals surface area contributed by atoms with Crippen LogP contribution in [0.5, 0.6) is 0 Å². The second-order valence-electron chi connectivity index (χ2n) is 4.78. The van der Waals surface area contributed by atoms with Crippen LogP contribution in [0.1, 0.15) is 12.1 Å². The summed E-state index contributed by atoms with van der Waals surface area (Å²) >= 11 is 3.36. The number of rotatable bonds is 4. The number of aromatic nitrogens is 1. The zero-order valence-corrected chi connectivity index (χ0v) is 12.0. The predicted octanol–water partition coefficient (Wildman–Crippen LogP) is 2.18. The van der Waals surface area contributed by atoms with Crippen LogP contribution in [0.25, 0.3) is 10.6 Å². The SMILES string of the molecule is NC(=O)[C@H]1CCN(Cc2csc(-c3ccsc3)n2)C1. The van der Waals surface area contributed by atoms with Crippen LogP contribution in [0.2, 0.25) is 0 Å². The van der Waals surface area contributed by atoms with Gasteiger partial charge in [0.15, 0.2) is 0 Å². The number of amides is 1. The first-order valence-electron chi connectivity index (χ1n) is 6.21. The Bertz CT molecular complexity index is 564. The van der Waals surface area contributed by atoms with Gasteiger partial charge in [0.1, 0.15) is 5.01 Å². The number of thiophene rings is 1. The number of thiazole rings is 1. The molecule has 1 amide bonds. The molecule has 0 aromatic carbocycles. The van der Waals surface area contributed by atoms with Crippen molar-refractivity contribution in [3.63, 3.8) is 0 Å². The van der Waals surface area contributed by atoms with Gasteiger partial charge in [-0.05, 0) is 24.4 Å². The van der Waals surface area contributed by atoms with Crippen LogP contribution in [0.15, 0.2) is 22.2 Å². The number of hydrogen-bond donors (Lipinski definition) is 1. The van der Waals surface area contributed by atoms with Gasteiger partial charge >= 0.3 is 0 Å². The first kappa shape index (κ1) is 12.8. The number of likely N-dealkylation sites (tertiary alicyclic amines) is 1. The molecular formula is C13H15N3OS2. The summed E-state index contributed by atoms with van der Waals surface area (Å²) in [7, 11) is 0. The summed E-state index contributed by atoms with van der Waals surface area (Å²) in [6.45, 7) is 2.50. The molecule has 2 aromatic rings. The summed E-state index contributed by atoms with van der Waals surface area (Å²) in [5, 5.41) is 7.35. The molecule has 3 rings (SSSR count). The molecule has 0 aliphatic carbocycles. The van der Waals surface area contributed by atoms with Crippen molar-refractivity contribution in [1.29, 1.82) is 0 Å². The molecule has 0 radical (unpaired) electrons. The smallest absolute Gasteiger partial charge is 0.221 e. The zero-order valence-electron chi connectivity index (χ0n) is 10.4.